The maximum Gasteiger partial charge on any atom is 0.140 e. The fraction of sp³-hybridized carbons (Fsp3) is 0.0909. The number of allylic oxidation sites excluding steroid dienone is 4. The number of nitrogens with zero attached hydrogens (tertiary/aromatic N) is 2. The molecule has 0 saturated heterocycles. The van der Waals surface area contributed by atoms with E-state index in [1.54, 1.807) is 0 Å². The van der Waals surface area contributed by atoms with Gasteiger partial charge in [-0.05, 0) is 118 Å². The lowest BCUT2D eigenvalue weighted by Crippen LogP contribution is -2.28. The van der Waals surface area contributed by atoms with Gasteiger partial charge in [-0.2, -0.15) is 0 Å². The van der Waals surface area contributed by atoms with E-state index in [1.165, 1.54) is 66.8 Å². The molecule has 69 heavy (non-hydrogen) atoms. The zero-order valence-electron chi connectivity index (χ0n) is 38.7. The summed E-state index contributed by atoms with van der Waals surface area (Å²) < 4.78 is 7.21. The molecule has 3 heteroatoms. The van der Waals surface area contributed by atoms with Crippen LogP contribution in [0, 0.1) is 0 Å². The van der Waals surface area contributed by atoms with E-state index in [0.717, 1.165) is 69.3 Å². The fourth-order valence-corrected chi connectivity index (χ4v) is 12.6. The summed E-state index contributed by atoms with van der Waals surface area (Å²) in [6.07, 6.45) is 9.12. The van der Waals surface area contributed by atoms with Crippen molar-refractivity contribution in [2.45, 2.75) is 37.5 Å². The van der Waals surface area contributed by atoms with Crippen LogP contribution in [-0.2, 0) is 10.8 Å². The second kappa shape index (κ2) is 15.1. The summed E-state index contributed by atoms with van der Waals surface area (Å²) in [5.74, 6) is 0.931. The standard InChI is InChI=1S/C66H48N2O/c1-65(2)53-33-16-12-29-48(53)49-41-40-46(42-56(49)65)68(57-36-18-14-28-47(57)43-22-6-3-7-23-43)59-38-20-32-52-62(59)66(63-51-31-15-19-39-60(51)69-64(52)63)54-34-17-13-30-50(54)61-55(66)35-21-37-58(61)67(44-24-8-4-9-25-44)45-26-10-5-11-27-45/h4-6,8-42H,3,7H2,1-2H3. The van der Waals surface area contributed by atoms with Crippen molar-refractivity contribution in [3.63, 3.8) is 0 Å². The summed E-state index contributed by atoms with van der Waals surface area (Å²) in [7, 11) is 0. The molecule has 9 aromatic carbocycles. The van der Waals surface area contributed by atoms with Gasteiger partial charge in [-0.3, -0.25) is 0 Å². The Morgan fingerprint density at radius 1 is 0.420 bits per heavy atom. The number of hydrogen-bond acceptors (Lipinski definition) is 3. The number of fused-ring (bicyclic) bond motifs is 15. The van der Waals surface area contributed by atoms with E-state index in [2.05, 4.69) is 254 Å². The normalized spacial score (nSPS) is 16.3. The van der Waals surface area contributed by atoms with Crippen LogP contribution < -0.4 is 9.80 Å². The van der Waals surface area contributed by atoms with Crippen LogP contribution in [-0.4, -0.2) is 0 Å². The lowest BCUT2D eigenvalue weighted by Gasteiger charge is -2.37. The highest BCUT2D eigenvalue weighted by atomic mass is 16.3. The molecule has 1 spiro atoms. The van der Waals surface area contributed by atoms with Crippen LogP contribution in [0.25, 0.3) is 50.1 Å². The molecule has 0 saturated carbocycles. The Morgan fingerprint density at radius 2 is 1.03 bits per heavy atom. The number of anilines is 6. The molecule has 1 aromatic heterocycles. The Balaban J connectivity index is 1.11. The molecule has 1 atom stereocenters. The average Bonchev–Trinajstić information content (AvgIpc) is 4.10. The molecule has 0 aliphatic heterocycles. The molecule has 0 amide bonds. The molecule has 328 valence electrons. The molecule has 0 N–H and O–H groups in total. The van der Waals surface area contributed by atoms with Crippen LogP contribution in [0.3, 0.4) is 0 Å². The summed E-state index contributed by atoms with van der Waals surface area (Å²) >= 11 is 0. The van der Waals surface area contributed by atoms with Crippen molar-refractivity contribution < 1.29 is 4.42 Å². The third-order valence-corrected chi connectivity index (χ3v) is 15.5. The largest absolute Gasteiger partial charge is 0.456 e. The Hall–Kier alpha value is -8.40. The van der Waals surface area contributed by atoms with Gasteiger partial charge < -0.3 is 14.2 Å². The van der Waals surface area contributed by atoms with Gasteiger partial charge in [0.1, 0.15) is 11.3 Å². The first-order valence-corrected chi connectivity index (χ1v) is 24.3. The number of furan rings is 1. The van der Waals surface area contributed by atoms with E-state index in [-0.39, 0.29) is 5.41 Å². The molecule has 0 fully saturated rings. The summed E-state index contributed by atoms with van der Waals surface area (Å²) in [6, 6.07) is 78.6. The average molecular weight is 885 g/mol. The van der Waals surface area contributed by atoms with Crippen molar-refractivity contribution in [3.05, 3.63) is 269 Å². The molecule has 0 bridgehead atoms. The van der Waals surface area contributed by atoms with E-state index >= 15 is 0 Å². The van der Waals surface area contributed by atoms with Gasteiger partial charge >= 0.3 is 0 Å². The Kier molecular flexibility index (Phi) is 8.67. The van der Waals surface area contributed by atoms with Gasteiger partial charge in [0.05, 0.1) is 22.5 Å². The minimum atomic E-state index is -0.766. The first-order chi connectivity index (χ1) is 34.0. The Bertz CT molecular complexity index is 3740. The molecular weight excluding hydrogens is 837 g/mol. The Labute approximate surface area is 403 Å². The Morgan fingerprint density at radius 3 is 1.81 bits per heavy atom. The second-order valence-corrected chi connectivity index (χ2v) is 19.4. The number of rotatable bonds is 7. The van der Waals surface area contributed by atoms with Gasteiger partial charge in [-0.15, -0.1) is 0 Å². The van der Waals surface area contributed by atoms with Gasteiger partial charge in [-0.25, -0.2) is 0 Å². The zero-order chi connectivity index (χ0) is 45.8. The minimum absolute atomic E-state index is 0.189. The van der Waals surface area contributed by atoms with Crippen molar-refractivity contribution in [1.82, 2.24) is 0 Å². The van der Waals surface area contributed by atoms with E-state index in [9.17, 15) is 0 Å². The number of para-hydroxylation sites is 4. The first-order valence-electron chi connectivity index (χ1n) is 24.3. The lowest BCUT2D eigenvalue weighted by molar-refractivity contribution is 0.628. The molecule has 4 aliphatic carbocycles. The maximum atomic E-state index is 7.21. The van der Waals surface area contributed by atoms with Gasteiger partial charge in [0, 0.05) is 55.7 Å². The highest BCUT2D eigenvalue weighted by Gasteiger charge is 2.57. The highest BCUT2D eigenvalue weighted by Crippen LogP contribution is 2.69. The molecule has 0 radical (unpaired) electrons. The SMILES string of the molecule is CC1(C)c2ccccc2-c2ccc(N(c3ccccc3C3=CCCC=C3)c3cccc4c3C3(c5ccccc5-c5c(N(c6ccccc6)c6ccccc6)cccc53)c3c-4oc4ccccc34)cc21. The smallest absolute Gasteiger partial charge is 0.140 e. The van der Waals surface area contributed by atoms with Gasteiger partial charge in [0.2, 0.25) is 0 Å². The van der Waals surface area contributed by atoms with Gasteiger partial charge in [0.15, 0.2) is 0 Å². The molecular formula is C66H48N2O. The monoisotopic (exact) mass is 884 g/mol. The third kappa shape index (κ3) is 5.56. The van der Waals surface area contributed by atoms with Crippen molar-refractivity contribution >= 4 is 50.7 Å². The van der Waals surface area contributed by atoms with E-state index < -0.39 is 5.41 Å². The number of hydrogen-bond donors (Lipinski definition) is 0. The fourth-order valence-electron chi connectivity index (χ4n) is 12.6. The third-order valence-electron chi connectivity index (χ3n) is 15.5. The molecule has 10 aromatic rings. The van der Waals surface area contributed by atoms with E-state index in [0.29, 0.717) is 0 Å². The van der Waals surface area contributed by atoms with Crippen LogP contribution in [0.5, 0.6) is 0 Å². The number of benzene rings is 9. The van der Waals surface area contributed by atoms with Crippen LogP contribution in [0.2, 0.25) is 0 Å². The maximum absolute atomic E-state index is 7.21. The summed E-state index contributed by atoms with van der Waals surface area (Å²) in [6.45, 7) is 4.77. The molecule has 1 heterocycles. The predicted molar refractivity (Wildman–Crippen MR) is 286 cm³/mol. The minimum Gasteiger partial charge on any atom is -0.456 e. The molecule has 4 aliphatic rings. The van der Waals surface area contributed by atoms with Gasteiger partial charge in [-0.1, -0.05) is 184 Å². The van der Waals surface area contributed by atoms with E-state index in [4.69, 9.17) is 4.42 Å². The summed E-state index contributed by atoms with van der Waals surface area (Å²) in [5, 5.41) is 1.13. The highest BCUT2D eigenvalue weighted by molar-refractivity contribution is 6.08. The first kappa shape index (κ1) is 39.7. The quantitative estimate of drug-likeness (QED) is 0.159. The van der Waals surface area contributed by atoms with Crippen LogP contribution in [0.15, 0.2) is 235 Å². The van der Waals surface area contributed by atoms with Crippen molar-refractivity contribution in [2.75, 3.05) is 9.80 Å². The summed E-state index contributed by atoms with van der Waals surface area (Å²) in [4.78, 5) is 5.01. The topological polar surface area (TPSA) is 19.6 Å². The van der Waals surface area contributed by atoms with E-state index in [1.807, 2.05) is 0 Å². The molecule has 14 rings (SSSR count). The van der Waals surface area contributed by atoms with Crippen molar-refractivity contribution in [3.8, 4) is 33.6 Å². The van der Waals surface area contributed by atoms with Crippen molar-refractivity contribution in [1.29, 1.82) is 0 Å². The zero-order valence-corrected chi connectivity index (χ0v) is 38.7. The predicted octanol–water partition coefficient (Wildman–Crippen LogP) is 17.8. The molecule has 1 unspecified atom stereocenters. The second-order valence-electron chi connectivity index (χ2n) is 19.4. The summed E-state index contributed by atoms with van der Waals surface area (Å²) in [5.41, 5.74) is 22.9. The van der Waals surface area contributed by atoms with Crippen LogP contribution in [0.4, 0.5) is 34.1 Å². The van der Waals surface area contributed by atoms with Crippen molar-refractivity contribution in [2.24, 2.45) is 0 Å². The van der Waals surface area contributed by atoms with Gasteiger partial charge in [0.25, 0.3) is 0 Å². The van der Waals surface area contributed by atoms with Crippen LogP contribution in [0.1, 0.15) is 65.6 Å². The lowest BCUT2D eigenvalue weighted by atomic mass is 9.69. The molecule has 3 nitrogen and oxygen atoms in total. The van der Waals surface area contributed by atoms with Crippen LogP contribution >= 0.6 is 0 Å².